The molecular formula is C14H14N4O3. The first-order valence-corrected chi connectivity index (χ1v) is 6.67. The van der Waals surface area contributed by atoms with Crippen molar-refractivity contribution >= 4 is 17.6 Å². The van der Waals surface area contributed by atoms with E-state index in [0.717, 1.165) is 5.56 Å². The topological polar surface area (TPSA) is 99.2 Å². The van der Waals surface area contributed by atoms with E-state index in [0.29, 0.717) is 24.4 Å². The average molecular weight is 286 g/mol. The second-order valence-corrected chi connectivity index (χ2v) is 4.82. The van der Waals surface area contributed by atoms with Gasteiger partial charge in [0.05, 0.1) is 0 Å². The van der Waals surface area contributed by atoms with Crippen LogP contribution >= 0.6 is 0 Å². The Morgan fingerprint density at radius 1 is 1.43 bits per heavy atom. The molecule has 0 saturated carbocycles. The molecule has 0 bridgehead atoms. The van der Waals surface area contributed by atoms with Crippen LogP contribution in [0.2, 0.25) is 0 Å². The van der Waals surface area contributed by atoms with Crippen molar-refractivity contribution in [3.05, 3.63) is 41.5 Å². The number of carbonyl (C=O) groups is 2. The first-order valence-electron chi connectivity index (χ1n) is 6.67. The SMILES string of the molecule is CCc1nc(C(=O)N2c3ccccc3CC2C(=O)O)n[nH]1. The lowest BCUT2D eigenvalue weighted by atomic mass is 10.1. The van der Waals surface area contributed by atoms with E-state index in [1.54, 1.807) is 12.1 Å². The molecule has 108 valence electrons. The third-order valence-electron chi connectivity index (χ3n) is 3.54. The molecule has 7 heteroatoms. The second-order valence-electron chi connectivity index (χ2n) is 4.82. The standard InChI is InChI=1S/C14H14N4O3/c1-2-11-15-12(17-16-11)13(19)18-9-6-4-3-5-8(9)7-10(18)14(20)21/h3-6,10H,2,7H2,1H3,(H,20,21)(H,15,16,17). The number of nitrogens with zero attached hydrogens (tertiary/aromatic N) is 3. The van der Waals surface area contributed by atoms with Crippen molar-refractivity contribution in [3.8, 4) is 0 Å². The molecule has 2 heterocycles. The number of carboxylic acids is 1. The Morgan fingerprint density at radius 2 is 2.19 bits per heavy atom. The van der Waals surface area contributed by atoms with E-state index in [2.05, 4.69) is 15.2 Å². The molecule has 0 fully saturated rings. The van der Waals surface area contributed by atoms with Gasteiger partial charge < -0.3 is 5.11 Å². The zero-order valence-corrected chi connectivity index (χ0v) is 11.4. The number of aryl methyl sites for hydroxylation is 1. The lowest BCUT2D eigenvalue weighted by molar-refractivity contribution is -0.138. The number of anilines is 1. The predicted octanol–water partition coefficient (Wildman–Crippen LogP) is 1.02. The Hall–Kier alpha value is -2.70. The predicted molar refractivity (Wildman–Crippen MR) is 74.1 cm³/mol. The lowest BCUT2D eigenvalue weighted by Gasteiger charge is -2.20. The van der Waals surface area contributed by atoms with Gasteiger partial charge in [0.15, 0.2) is 0 Å². The minimum absolute atomic E-state index is 0.00481. The number of aliphatic carboxylic acids is 1. The van der Waals surface area contributed by atoms with Crippen LogP contribution in [-0.4, -0.2) is 38.2 Å². The van der Waals surface area contributed by atoms with Crippen LogP contribution in [0.1, 0.15) is 28.9 Å². The van der Waals surface area contributed by atoms with E-state index in [4.69, 9.17) is 0 Å². The molecule has 3 rings (SSSR count). The van der Waals surface area contributed by atoms with Gasteiger partial charge in [0, 0.05) is 18.5 Å². The summed E-state index contributed by atoms with van der Waals surface area (Å²) in [6.45, 7) is 1.89. The van der Waals surface area contributed by atoms with Crippen LogP contribution in [0.3, 0.4) is 0 Å². The van der Waals surface area contributed by atoms with E-state index in [1.165, 1.54) is 4.90 Å². The average Bonchev–Trinajstić information content (AvgIpc) is 3.11. The van der Waals surface area contributed by atoms with Crippen LogP contribution in [0, 0.1) is 0 Å². The van der Waals surface area contributed by atoms with Crippen molar-refractivity contribution in [2.75, 3.05) is 4.90 Å². The van der Waals surface area contributed by atoms with Crippen LogP contribution in [0.25, 0.3) is 0 Å². The third kappa shape index (κ3) is 2.16. The Bertz CT molecular complexity index is 710. The van der Waals surface area contributed by atoms with Gasteiger partial charge in [0.1, 0.15) is 11.9 Å². The number of amides is 1. The van der Waals surface area contributed by atoms with Gasteiger partial charge in [0.25, 0.3) is 5.91 Å². The van der Waals surface area contributed by atoms with Gasteiger partial charge in [-0.15, -0.1) is 5.10 Å². The molecule has 0 spiro atoms. The molecule has 1 aromatic heterocycles. The summed E-state index contributed by atoms with van der Waals surface area (Å²) in [6, 6.07) is 6.25. The first-order chi connectivity index (χ1) is 10.1. The molecule has 0 radical (unpaired) electrons. The van der Waals surface area contributed by atoms with Crippen molar-refractivity contribution in [1.82, 2.24) is 15.2 Å². The number of benzene rings is 1. The molecule has 2 aromatic rings. The summed E-state index contributed by atoms with van der Waals surface area (Å²) >= 11 is 0. The van der Waals surface area contributed by atoms with E-state index in [1.807, 2.05) is 19.1 Å². The van der Waals surface area contributed by atoms with Gasteiger partial charge in [-0.1, -0.05) is 25.1 Å². The minimum Gasteiger partial charge on any atom is -0.480 e. The second kappa shape index (κ2) is 5.01. The quantitative estimate of drug-likeness (QED) is 0.877. The molecule has 21 heavy (non-hydrogen) atoms. The summed E-state index contributed by atoms with van der Waals surface area (Å²) in [5.74, 6) is -0.943. The smallest absolute Gasteiger partial charge is 0.327 e. The maximum Gasteiger partial charge on any atom is 0.327 e. The number of fused-ring (bicyclic) bond motifs is 1. The van der Waals surface area contributed by atoms with Crippen molar-refractivity contribution in [2.24, 2.45) is 0 Å². The van der Waals surface area contributed by atoms with E-state index in [9.17, 15) is 14.7 Å². The van der Waals surface area contributed by atoms with Crippen LogP contribution in [-0.2, 0) is 17.6 Å². The number of carbonyl (C=O) groups excluding carboxylic acids is 1. The zero-order chi connectivity index (χ0) is 15.0. The van der Waals surface area contributed by atoms with Crippen LogP contribution in [0.4, 0.5) is 5.69 Å². The Labute approximate surface area is 120 Å². The zero-order valence-electron chi connectivity index (χ0n) is 11.4. The fourth-order valence-electron chi connectivity index (χ4n) is 2.49. The summed E-state index contributed by atoms with van der Waals surface area (Å²) in [5.41, 5.74) is 1.45. The molecule has 1 amide bonds. The van der Waals surface area contributed by atoms with E-state index in [-0.39, 0.29) is 5.82 Å². The Morgan fingerprint density at radius 3 is 2.86 bits per heavy atom. The highest BCUT2D eigenvalue weighted by molar-refractivity contribution is 6.08. The highest BCUT2D eigenvalue weighted by Crippen LogP contribution is 2.33. The van der Waals surface area contributed by atoms with Gasteiger partial charge in [-0.3, -0.25) is 14.8 Å². The number of rotatable bonds is 3. The highest BCUT2D eigenvalue weighted by Gasteiger charge is 2.39. The highest BCUT2D eigenvalue weighted by atomic mass is 16.4. The Kier molecular flexibility index (Phi) is 3.17. The van der Waals surface area contributed by atoms with E-state index >= 15 is 0 Å². The van der Waals surface area contributed by atoms with Crippen LogP contribution in [0.5, 0.6) is 0 Å². The number of carboxylic acid groups (broad SMARTS) is 1. The molecular weight excluding hydrogens is 272 g/mol. The molecule has 1 aliphatic rings. The van der Waals surface area contributed by atoms with Crippen LogP contribution < -0.4 is 4.90 Å². The van der Waals surface area contributed by atoms with Gasteiger partial charge >= 0.3 is 5.97 Å². The number of para-hydroxylation sites is 1. The molecule has 1 unspecified atom stereocenters. The number of H-pyrrole nitrogens is 1. The maximum absolute atomic E-state index is 12.6. The number of aromatic amines is 1. The molecule has 1 atom stereocenters. The summed E-state index contributed by atoms with van der Waals surface area (Å²) in [5, 5.41) is 15.9. The van der Waals surface area contributed by atoms with Crippen molar-refractivity contribution < 1.29 is 14.7 Å². The summed E-state index contributed by atoms with van der Waals surface area (Å²) in [4.78, 5) is 29.4. The monoisotopic (exact) mass is 286 g/mol. The number of nitrogens with one attached hydrogen (secondary N) is 1. The largest absolute Gasteiger partial charge is 0.480 e. The normalized spacial score (nSPS) is 16.8. The number of hydrogen-bond donors (Lipinski definition) is 2. The first kappa shape index (κ1) is 13.3. The lowest BCUT2D eigenvalue weighted by Crippen LogP contribution is -2.43. The van der Waals surface area contributed by atoms with Crippen molar-refractivity contribution in [3.63, 3.8) is 0 Å². The fraction of sp³-hybridized carbons (Fsp3) is 0.286. The van der Waals surface area contributed by atoms with Crippen molar-refractivity contribution in [2.45, 2.75) is 25.8 Å². The molecule has 0 aliphatic carbocycles. The molecule has 2 N–H and O–H groups in total. The third-order valence-corrected chi connectivity index (χ3v) is 3.54. The number of aromatic nitrogens is 3. The van der Waals surface area contributed by atoms with Crippen molar-refractivity contribution in [1.29, 1.82) is 0 Å². The number of hydrogen-bond acceptors (Lipinski definition) is 4. The summed E-state index contributed by atoms with van der Waals surface area (Å²) in [6.07, 6.45) is 0.918. The van der Waals surface area contributed by atoms with Gasteiger partial charge in [-0.05, 0) is 11.6 Å². The summed E-state index contributed by atoms with van der Waals surface area (Å²) < 4.78 is 0. The molecule has 1 aromatic carbocycles. The Balaban J connectivity index is 2.01. The van der Waals surface area contributed by atoms with Gasteiger partial charge in [-0.25, -0.2) is 9.78 Å². The molecule has 7 nitrogen and oxygen atoms in total. The van der Waals surface area contributed by atoms with E-state index < -0.39 is 17.9 Å². The molecule has 0 saturated heterocycles. The van der Waals surface area contributed by atoms with Gasteiger partial charge in [-0.2, -0.15) is 0 Å². The fourth-order valence-corrected chi connectivity index (χ4v) is 2.49. The molecule has 1 aliphatic heterocycles. The summed E-state index contributed by atoms with van der Waals surface area (Å²) in [7, 11) is 0. The maximum atomic E-state index is 12.6. The minimum atomic E-state index is -1.04. The van der Waals surface area contributed by atoms with Crippen LogP contribution in [0.15, 0.2) is 24.3 Å². The van der Waals surface area contributed by atoms with Gasteiger partial charge in [0.2, 0.25) is 5.82 Å².